The molecule has 5 nitrogen and oxygen atoms in total. The average Bonchev–Trinajstić information content (AvgIpc) is 2.83. The van der Waals surface area contributed by atoms with Crippen molar-refractivity contribution in [1.82, 2.24) is 14.5 Å². The van der Waals surface area contributed by atoms with E-state index in [1.807, 2.05) is 12.1 Å². The molecule has 2 heterocycles. The summed E-state index contributed by atoms with van der Waals surface area (Å²) in [5, 5.41) is 3.68. The number of anilines is 1. The van der Waals surface area contributed by atoms with E-state index in [2.05, 4.69) is 21.7 Å². The zero-order chi connectivity index (χ0) is 12.5. The zero-order valence-corrected chi connectivity index (χ0v) is 10.5. The van der Waals surface area contributed by atoms with Crippen LogP contribution in [0.3, 0.4) is 0 Å². The van der Waals surface area contributed by atoms with Crippen molar-refractivity contribution in [2.45, 2.75) is 13.0 Å². The Morgan fingerprint density at radius 3 is 2.83 bits per heavy atom. The van der Waals surface area contributed by atoms with Crippen LogP contribution >= 0.6 is 11.5 Å². The Morgan fingerprint density at radius 1 is 1.33 bits per heavy atom. The van der Waals surface area contributed by atoms with Crippen molar-refractivity contribution >= 4 is 23.3 Å². The van der Waals surface area contributed by atoms with Gasteiger partial charge in [-0.25, -0.2) is 0 Å². The van der Waals surface area contributed by atoms with Gasteiger partial charge in [0.15, 0.2) is 10.7 Å². The monoisotopic (exact) mass is 260 g/mol. The molecule has 92 valence electrons. The van der Waals surface area contributed by atoms with Gasteiger partial charge in [-0.1, -0.05) is 28.8 Å². The number of fused-ring (bicyclic) bond motifs is 1. The average molecular weight is 260 g/mol. The first-order chi connectivity index (χ1) is 8.75. The van der Waals surface area contributed by atoms with Crippen LogP contribution < -0.4 is 5.73 Å². The minimum atomic E-state index is -0.0722. The minimum absolute atomic E-state index is 0.0722. The summed E-state index contributed by atoms with van der Waals surface area (Å²) in [5.41, 5.74) is 8.15. The van der Waals surface area contributed by atoms with E-state index in [4.69, 9.17) is 5.73 Å². The van der Waals surface area contributed by atoms with Crippen LogP contribution in [0.15, 0.2) is 24.3 Å². The van der Waals surface area contributed by atoms with Crippen LogP contribution in [-0.4, -0.2) is 26.9 Å². The van der Waals surface area contributed by atoms with Gasteiger partial charge in [0.2, 0.25) is 0 Å². The van der Waals surface area contributed by atoms with Gasteiger partial charge in [-0.2, -0.15) is 0 Å². The van der Waals surface area contributed by atoms with Crippen LogP contribution in [0.2, 0.25) is 0 Å². The molecule has 1 aromatic heterocycles. The van der Waals surface area contributed by atoms with Crippen LogP contribution in [-0.2, 0) is 13.0 Å². The van der Waals surface area contributed by atoms with Crippen molar-refractivity contribution in [3.05, 3.63) is 40.3 Å². The molecule has 1 aromatic carbocycles. The molecule has 18 heavy (non-hydrogen) atoms. The Morgan fingerprint density at radius 2 is 2.11 bits per heavy atom. The summed E-state index contributed by atoms with van der Waals surface area (Å²) in [4.78, 5) is 14.5. The molecule has 0 fully saturated rings. The molecule has 1 amide bonds. The van der Waals surface area contributed by atoms with Gasteiger partial charge in [0, 0.05) is 13.1 Å². The lowest BCUT2D eigenvalue weighted by Crippen LogP contribution is -2.35. The van der Waals surface area contributed by atoms with Crippen molar-refractivity contribution < 1.29 is 4.79 Å². The van der Waals surface area contributed by atoms with E-state index in [1.54, 1.807) is 4.90 Å². The van der Waals surface area contributed by atoms with Gasteiger partial charge in [-0.15, -0.1) is 5.10 Å². The third-order valence-corrected chi connectivity index (χ3v) is 3.86. The zero-order valence-electron chi connectivity index (χ0n) is 9.67. The molecule has 0 radical (unpaired) electrons. The van der Waals surface area contributed by atoms with Crippen LogP contribution in [0.1, 0.15) is 20.8 Å². The standard InChI is InChI=1S/C12H12N4OS/c13-11-10(18-15-14-11)12(17)16-6-5-8-3-1-2-4-9(8)7-16/h1-4H,5-7,13H2. The molecule has 0 spiro atoms. The lowest BCUT2D eigenvalue weighted by molar-refractivity contribution is 0.0740. The third kappa shape index (κ3) is 1.84. The molecule has 3 rings (SSSR count). The van der Waals surface area contributed by atoms with Crippen molar-refractivity contribution in [1.29, 1.82) is 0 Å². The largest absolute Gasteiger partial charge is 0.381 e. The van der Waals surface area contributed by atoms with Crippen LogP contribution in [0.25, 0.3) is 0 Å². The van der Waals surface area contributed by atoms with E-state index in [1.165, 1.54) is 11.1 Å². The second kappa shape index (κ2) is 4.38. The molecule has 0 saturated carbocycles. The van der Waals surface area contributed by atoms with E-state index < -0.39 is 0 Å². The first-order valence-corrected chi connectivity index (χ1v) is 6.47. The summed E-state index contributed by atoms with van der Waals surface area (Å²) < 4.78 is 3.70. The highest BCUT2D eigenvalue weighted by molar-refractivity contribution is 7.08. The summed E-state index contributed by atoms with van der Waals surface area (Å²) in [6, 6.07) is 8.19. The molecule has 0 bridgehead atoms. The SMILES string of the molecule is Nc1nnsc1C(=O)N1CCc2ccccc2C1. The van der Waals surface area contributed by atoms with Gasteiger partial charge in [-0.05, 0) is 29.1 Å². The number of nitrogen functional groups attached to an aromatic ring is 1. The number of carbonyl (C=O) groups excluding carboxylic acids is 1. The number of aromatic nitrogens is 2. The topological polar surface area (TPSA) is 72.1 Å². The molecule has 6 heteroatoms. The molecule has 0 unspecified atom stereocenters. The smallest absolute Gasteiger partial charge is 0.269 e. The molecule has 0 atom stereocenters. The quantitative estimate of drug-likeness (QED) is 0.839. The Balaban J connectivity index is 1.84. The van der Waals surface area contributed by atoms with Gasteiger partial charge >= 0.3 is 0 Å². The van der Waals surface area contributed by atoms with Gasteiger partial charge in [0.25, 0.3) is 5.91 Å². The lowest BCUT2D eigenvalue weighted by atomic mass is 10.00. The highest BCUT2D eigenvalue weighted by atomic mass is 32.1. The van der Waals surface area contributed by atoms with Crippen molar-refractivity contribution in [2.24, 2.45) is 0 Å². The van der Waals surface area contributed by atoms with Crippen molar-refractivity contribution in [3.63, 3.8) is 0 Å². The Kier molecular flexibility index (Phi) is 2.71. The molecule has 2 N–H and O–H groups in total. The van der Waals surface area contributed by atoms with Gasteiger partial charge < -0.3 is 10.6 Å². The second-order valence-electron chi connectivity index (χ2n) is 4.23. The van der Waals surface area contributed by atoms with Crippen molar-refractivity contribution in [3.8, 4) is 0 Å². The number of nitrogens with zero attached hydrogens (tertiary/aromatic N) is 3. The molecule has 1 aliphatic rings. The second-order valence-corrected chi connectivity index (χ2v) is 4.99. The van der Waals surface area contributed by atoms with E-state index in [-0.39, 0.29) is 11.7 Å². The third-order valence-electron chi connectivity index (χ3n) is 3.13. The Bertz CT molecular complexity index is 595. The highest BCUT2D eigenvalue weighted by Crippen LogP contribution is 2.22. The number of carbonyl (C=O) groups is 1. The van der Waals surface area contributed by atoms with E-state index >= 15 is 0 Å². The predicted octanol–water partition coefficient (Wildman–Crippen LogP) is 1.32. The van der Waals surface area contributed by atoms with E-state index in [0.717, 1.165) is 18.0 Å². The molecule has 2 aromatic rings. The van der Waals surface area contributed by atoms with Gasteiger partial charge in [-0.3, -0.25) is 4.79 Å². The van der Waals surface area contributed by atoms with E-state index in [0.29, 0.717) is 18.0 Å². The van der Waals surface area contributed by atoms with Gasteiger partial charge in [0.1, 0.15) is 0 Å². The maximum atomic E-state index is 12.3. The fraction of sp³-hybridized carbons (Fsp3) is 0.250. The lowest BCUT2D eigenvalue weighted by Gasteiger charge is -2.28. The summed E-state index contributed by atoms with van der Waals surface area (Å²) in [6.07, 6.45) is 0.883. The first kappa shape index (κ1) is 11.2. The molecule has 0 aliphatic carbocycles. The van der Waals surface area contributed by atoms with Crippen LogP contribution in [0.5, 0.6) is 0 Å². The highest BCUT2D eigenvalue weighted by Gasteiger charge is 2.24. The minimum Gasteiger partial charge on any atom is -0.381 e. The maximum absolute atomic E-state index is 12.3. The number of rotatable bonds is 1. The number of hydrogen-bond acceptors (Lipinski definition) is 5. The van der Waals surface area contributed by atoms with Crippen LogP contribution in [0.4, 0.5) is 5.82 Å². The number of nitrogens with two attached hydrogens (primary N) is 1. The van der Waals surface area contributed by atoms with E-state index in [9.17, 15) is 4.79 Å². The number of hydrogen-bond donors (Lipinski definition) is 1. The Labute approximate surface area is 108 Å². The fourth-order valence-electron chi connectivity index (χ4n) is 2.16. The first-order valence-electron chi connectivity index (χ1n) is 5.69. The normalized spacial score (nSPS) is 14.3. The number of benzene rings is 1. The fourth-order valence-corrected chi connectivity index (χ4v) is 2.71. The Hall–Kier alpha value is -1.95. The summed E-state index contributed by atoms with van der Waals surface area (Å²) in [5.74, 6) is 0.154. The predicted molar refractivity (Wildman–Crippen MR) is 69.2 cm³/mol. The van der Waals surface area contributed by atoms with Gasteiger partial charge in [0.05, 0.1) is 0 Å². The molecular formula is C12H12N4OS. The van der Waals surface area contributed by atoms with Crippen LogP contribution in [0, 0.1) is 0 Å². The maximum Gasteiger partial charge on any atom is 0.269 e. The molecule has 1 aliphatic heterocycles. The summed E-state index contributed by atoms with van der Waals surface area (Å²) >= 11 is 1.06. The summed E-state index contributed by atoms with van der Waals surface area (Å²) in [6.45, 7) is 1.35. The molecular weight excluding hydrogens is 248 g/mol. The molecule has 0 saturated heterocycles. The summed E-state index contributed by atoms with van der Waals surface area (Å²) in [7, 11) is 0. The number of amides is 1. The van der Waals surface area contributed by atoms with Crippen molar-refractivity contribution in [2.75, 3.05) is 12.3 Å².